The number of carbonyl (C=O) groups is 1. The van der Waals surface area contributed by atoms with Gasteiger partial charge in [0.2, 0.25) is 0 Å². The van der Waals surface area contributed by atoms with Crippen LogP contribution in [0.5, 0.6) is 0 Å². The van der Waals surface area contributed by atoms with E-state index in [1.807, 2.05) is 14.0 Å². The zero-order chi connectivity index (χ0) is 23.4. The number of hydrogen-bond acceptors (Lipinski definition) is 3. The quantitative estimate of drug-likeness (QED) is 0.227. The molecule has 3 aromatic rings. The molecule has 0 aliphatic carbocycles. The molecule has 0 aliphatic heterocycles. The van der Waals surface area contributed by atoms with E-state index >= 15 is 0 Å². The Hall–Kier alpha value is -2.48. The van der Waals surface area contributed by atoms with Crippen molar-refractivity contribution in [3.8, 4) is 0 Å². The second-order valence-electron chi connectivity index (χ2n) is 8.59. The second-order valence-corrected chi connectivity index (χ2v) is 12.6. The normalized spacial score (nSPS) is 12.8. The van der Waals surface area contributed by atoms with Crippen molar-refractivity contribution in [1.29, 1.82) is 0 Å². The Labute approximate surface area is 199 Å². The summed E-state index contributed by atoms with van der Waals surface area (Å²) >= 11 is 0. The zero-order valence-corrected chi connectivity index (χ0v) is 21.0. The summed E-state index contributed by atoms with van der Waals surface area (Å²) < 4.78 is 5.35. The SMILES string of the molecule is CCOC(=O)C(CCCC[PH](c1ccccc1)(c1ccccc1)c1ccccc1)CCNC. The fourth-order valence-corrected chi connectivity index (χ4v) is 9.77. The first-order valence-corrected chi connectivity index (χ1v) is 14.4. The third kappa shape index (κ3) is 6.53. The summed E-state index contributed by atoms with van der Waals surface area (Å²) in [5.41, 5.74) is 0. The van der Waals surface area contributed by atoms with Gasteiger partial charge in [0.1, 0.15) is 0 Å². The van der Waals surface area contributed by atoms with Crippen LogP contribution in [0.15, 0.2) is 91.0 Å². The summed E-state index contributed by atoms with van der Waals surface area (Å²) in [6.07, 6.45) is 4.93. The summed E-state index contributed by atoms with van der Waals surface area (Å²) in [6.45, 7) is 3.16. The first kappa shape index (κ1) is 25.1. The third-order valence-electron chi connectivity index (χ3n) is 6.52. The van der Waals surface area contributed by atoms with Crippen molar-refractivity contribution in [1.82, 2.24) is 5.32 Å². The van der Waals surface area contributed by atoms with Crippen LogP contribution in [-0.2, 0) is 9.53 Å². The molecule has 4 heteroatoms. The molecule has 33 heavy (non-hydrogen) atoms. The molecule has 176 valence electrons. The Morgan fingerprint density at radius 3 is 1.70 bits per heavy atom. The number of unbranched alkanes of at least 4 members (excludes halogenated alkanes) is 1. The van der Waals surface area contributed by atoms with Gasteiger partial charge in [-0.3, -0.25) is 0 Å². The molecular weight excluding hydrogens is 425 g/mol. The van der Waals surface area contributed by atoms with E-state index < -0.39 is 7.26 Å². The van der Waals surface area contributed by atoms with Gasteiger partial charge in [-0.15, -0.1) is 0 Å². The molecular formula is C29H38NO2P. The maximum absolute atomic E-state index is 12.5. The number of rotatable bonds is 13. The van der Waals surface area contributed by atoms with Crippen LogP contribution in [-0.4, -0.2) is 32.3 Å². The van der Waals surface area contributed by atoms with E-state index in [0.717, 1.165) is 38.4 Å². The summed E-state index contributed by atoms with van der Waals surface area (Å²) in [4.78, 5) is 12.5. The molecule has 3 aromatic carbocycles. The molecule has 0 spiro atoms. The van der Waals surface area contributed by atoms with Crippen molar-refractivity contribution < 1.29 is 9.53 Å². The number of benzene rings is 3. The van der Waals surface area contributed by atoms with Crippen LogP contribution in [0.4, 0.5) is 0 Å². The number of ether oxygens (including phenoxy) is 1. The zero-order valence-electron chi connectivity index (χ0n) is 20.0. The Morgan fingerprint density at radius 2 is 1.27 bits per heavy atom. The monoisotopic (exact) mass is 463 g/mol. The molecule has 0 fully saturated rings. The van der Waals surface area contributed by atoms with Gasteiger partial charge in [-0.2, -0.15) is 0 Å². The fraction of sp³-hybridized carbons (Fsp3) is 0.345. The Morgan fingerprint density at radius 1 is 0.788 bits per heavy atom. The molecule has 0 amide bonds. The van der Waals surface area contributed by atoms with Gasteiger partial charge in [0.05, 0.1) is 0 Å². The van der Waals surface area contributed by atoms with Gasteiger partial charge in [0, 0.05) is 0 Å². The summed E-state index contributed by atoms with van der Waals surface area (Å²) in [6, 6.07) is 33.1. The topological polar surface area (TPSA) is 38.3 Å². The van der Waals surface area contributed by atoms with Crippen molar-refractivity contribution in [2.75, 3.05) is 26.4 Å². The second kappa shape index (κ2) is 13.3. The molecule has 1 atom stereocenters. The minimum absolute atomic E-state index is 0.0290. The van der Waals surface area contributed by atoms with Crippen molar-refractivity contribution >= 4 is 29.1 Å². The first-order chi connectivity index (χ1) is 16.2. The molecule has 0 radical (unpaired) electrons. The molecule has 3 nitrogen and oxygen atoms in total. The van der Waals surface area contributed by atoms with Crippen molar-refractivity contribution in [3.63, 3.8) is 0 Å². The van der Waals surface area contributed by atoms with Gasteiger partial charge in [0.15, 0.2) is 0 Å². The molecule has 1 N–H and O–H groups in total. The third-order valence-corrected chi connectivity index (χ3v) is 11.6. The van der Waals surface area contributed by atoms with E-state index in [4.69, 9.17) is 4.74 Å². The maximum atomic E-state index is 12.5. The predicted octanol–water partition coefficient (Wildman–Crippen LogP) is 4.67. The van der Waals surface area contributed by atoms with E-state index in [0.29, 0.717) is 6.61 Å². The van der Waals surface area contributed by atoms with Gasteiger partial charge in [-0.05, 0) is 0 Å². The molecule has 0 heterocycles. The number of nitrogens with one attached hydrogen (secondary N) is 1. The van der Waals surface area contributed by atoms with Crippen LogP contribution >= 0.6 is 7.26 Å². The summed E-state index contributed by atoms with van der Waals surface area (Å²) in [5, 5.41) is 7.51. The Bertz CT molecular complexity index is 850. The van der Waals surface area contributed by atoms with Gasteiger partial charge in [-0.1, -0.05) is 0 Å². The van der Waals surface area contributed by atoms with Crippen LogP contribution in [0.25, 0.3) is 0 Å². The van der Waals surface area contributed by atoms with Crippen LogP contribution in [0, 0.1) is 5.92 Å². The standard InChI is InChI=1S/C29H38NO2P/c1-3-32-29(31)25(22-23-30-2)15-13-14-24-33(26-16-7-4-8-17-26,27-18-9-5-10-19-27)28-20-11-6-12-21-28/h4-12,16-21,25,30,33H,3,13-15,22-24H2,1-2H3. The van der Waals surface area contributed by atoms with Crippen molar-refractivity contribution in [2.45, 2.75) is 32.6 Å². The van der Waals surface area contributed by atoms with Crippen LogP contribution in [0.2, 0.25) is 0 Å². The van der Waals surface area contributed by atoms with E-state index in [2.05, 4.69) is 96.3 Å². The van der Waals surface area contributed by atoms with Crippen LogP contribution in [0.1, 0.15) is 32.6 Å². The average molecular weight is 464 g/mol. The average Bonchev–Trinajstić information content (AvgIpc) is 2.88. The molecule has 0 bridgehead atoms. The van der Waals surface area contributed by atoms with E-state index in [1.165, 1.54) is 15.9 Å². The number of hydrogen-bond donors (Lipinski definition) is 1. The summed E-state index contributed by atoms with van der Waals surface area (Å²) in [7, 11) is -0.260. The molecule has 0 saturated carbocycles. The summed E-state index contributed by atoms with van der Waals surface area (Å²) in [5.74, 6) is -0.0796. The number of esters is 1. The molecule has 0 saturated heterocycles. The van der Waals surface area contributed by atoms with Crippen molar-refractivity contribution in [2.24, 2.45) is 5.92 Å². The van der Waals surface area contributed by atoms with E-state index in [1.54, 1.807) is 0 Å². The predicted molar refractivity (Wildman–Crippen MR) is 144 cm³/mol. The Kier molecular flexibility index (Phi) is 10.1. The van der Waals surface area contributed by atoms with Crippen LogP contribution < -0.4 is 21.2 Å². The Balaban J connectivity index is 1.87. The minimum atomic E-state index is -2.19. The van der Waals surface area contributed by atoms with Crippen LogP contribution in [0.3, 0.4) is 0 Å². The van der Waals surface area contributed by atoms with Gasteiger partial charge in [-0.25, -0.2) is 0 Å². The molecule has 1 unspecified atom stereocenters. The number of carbonyl (C=O) groups excluding carboxylic acids is 1. The van der Waals surface area contributed by atoms with Gasteiger partial charge < -0.3 is 0 Å². The molecule has 3 rings (SSSR count). The molecule has 0 aromatic heterocycles. The fourth-order valence-electron chi connectivity index (χ4n) is 4.84. The van der Waals surface area contributed by atoms with Crippen molar-refractivity contribution in [3.05, 3.63) is 91.0 Å². The van der Waals surface area contributed by atoms with Gasteiger partial charge >= 0.3 is 200 Å². The molecule has 0 aliphatic rings. The van der Waals surface area contributed by atoms with E-state index in [-0.39, 0.29) is 11.9 Å². The first-order valence-electron chi connectivity index (χ1n) is 12.2. The van der Waals surface area contributed by atoms with E-state index in [9.17, 15) is 4.79 Å². The van der Waals surface area contributed by atoms with Gasteiger partial charge in [0.25, 0.3) is 0 Å².